The summed E-state index contributed by atoms with van der Waals surface area (Å²) in [5, 5.41) is 6.51. The van der Waals surface area contributed by atoms with E-state index in [9.17, 15) is 4.79 Å². The van der Waals surface area contributed by atoms with Gasteiger partial charge in [0, 0.05) is 23.2 Å². The monoisotopic (exact) mass is 319 g/mol. The van der Waals surface area contributed by atoms with Gasteiger partial charge in [0.15, 0.2) is 5.78 Å². The van der Waals surface area contributed by atoms with E-state index >= 15 is 0 Å². The van der Waals surface area contributed by atoms with Gasteiger partial charge in [-0.2, -0.15) is 0 Å². The quantitative estimate of drug-likeness (QED) is 0.850. The van der Waals surface area contributed by atoms with Crippen molar-refractivity contribution in [2.45, 2.75) is 33.2 Å². The molecule has 118 valence electrons. The lowest BCUT2D eigenvalue weighted by atomic mass is 10.0. The standard InChI is InChI=1S/C16H21N3O2S/c1-4-11-14(10(3)20)9(2)18-15(11)13-8-22-16(19-13)12-7-21-6-5-17-12/h8,12,17-18H,4-7H2,1-3H3. The highest BCUT2D eigenvalue weighted by atomic mass is 32.1. The third-order valence-electron chi connectivity index (χ3n) is 3.99. The molecule has 3 rings (SSSR count). The van der Waals surface area contributed by atoms with Crippen LogP contribution < -0.4 is 5.32 Å². The van der Waals surface area contributed by atoms with Crippen LogP contribution in [0.25, 0.3) is 11.4 Å². The van der Waals surface area contributed by atoms with E-state index in [1.54, 1.807) is 18.3 Å². The minimum Gasteiger partial charge on any atom is -0.378 e. The first-order chi connectivity index (χ1) is 10.6. The van der Waals surface area contributed by atoms with E-state index in [0.717, 1.165) is 52.8 Å². The molecule has 2 N–H and O–H groups in total. The predicted molar refractivity (Wildman–Crippen MR) is 87.6 cm³/mol. The minimum atomic E-state index is 0.106. The number of Topliss-reactive ketones (excluding diaryl/α,β-unsaturated/α-hetero) is 1. The summed E-state index contributed by atoms with van der Waals surface area (Å²) in [6.07, 6.45) is 0.812. The Hall–Kier alpha value is -1.50. The van der Waals surface area contributed by atoms with E-state index < -0.39 is 0 Å². The topological polar surface area (TPSA) is 67.0 Å². The molecule has 1 atom stereocenters. The van der Waals surface area contributed by atoms with E-state index in [0.29, 0.717) is 6.61 Å². The number of rotatable bonds is 4. The Balaban J connectivity index is 1.96. The van der Waals surface area contributed by atoms with Crippen molar-refractivity contribution in [1.29, 1.82) is 0 Å². The number of morpholine rings is 1. The summed E-state index contributed by atoms with van der Waals surface area (Å²) in [4.78, 5) is 20.0. The van der Waals surface area contributed by atoms with Gasteiger partial charge in [-0.15, -0.1) is 11.3 Å². The molecule has 1 aliphatic rings. The molecule has 2 aromatic rings. The third-order valence-corrected chi connectivity index (χ3v) is 4.95. The van der Waals surface area contributed by atoms with Crippen molar-refractivity contribution in [1.82, 2.24) is 15.3 Å². The van der Waals surface area contributed by atoms with Crippen LogP contribution in [0.3, 0.4) is 0 Å². The van der Waals surface area contributed by atoms with Crippen molar-refractivity contribution in [3.05, 3.63) is 27.2 Å². The molecule has 0 amide bonds. The van der Waals surface area contributed by atoms with Gasteiger partial charge in [-0.05, 0) is 25.8 Å². The van der Waals surface area contributed by atoms with Gasteiger partial charge in [0.25, 0.3) is 0 Å². The summed E-state index contributed by atoms with van der Waals surface area (Å²) in [5.74, 6) is 0.106. The number of aromatic amines is 1. The van der Waals surface area contributed by atoms with Crippen molar-refractivity contribution in [3.63, 3.8) is 0 Å². The first-order valence-electron chi connectivity index (χ1n) is 7.61. The van der Waals surface area contributed by atoms with E-state index in [4.69, 9.17) is 9.72 Å². The molecule has 1 saturated heterocycles. The Morgan fingerprint density at radius 1 is 1.55 bits per heavy atom. The fourth-order valence-electron chi connectivity index (χ4n) is 3.01. The highest BCUT2D eigenvalue weighted by Crippen LogP contribution is 2.31. The van der Waals surface area contributed by atoms with Crippen molar-refractivity contribution in [2.75, 3.05) is 19.8 Å². The normalized spacial score (nSPS) is 18.6. The van der Waals surface area contributed by atoms with Gasteiger partial charge < -0.3 is 15.0 Å². The molecular weight excluding hydrogens is 298 g/mol. The van der Waals surface area contributed by atoms with Gasteiger partial charge >= 0.3 is 0 Å². The second kappa shape index (κ2) is 6.32. The van der Waals surface area contributed by atoms with Gasteiger partial charge in [-0.1, -0.05) is 6.92 Å². The number of aryl methyl sites for hydroxylation is 1. The van der Waals surface area contributed by atoms with Crippen LogP contribution in [0.15, 0.2) is 5.38 Å². The highest BCUT2D eigenvalue weighted by molar-refractivity contribution is 7.10. The highest BCUT2D eigenvalue weighted by Gasteiger charge is 2.22. The molecule has 1 aliphatic heterocycles. The van der Waals surface area contributed by atoms with E-state index in [1.807, 2.05) is 6.92 Å². The number of ketones is 1. The number of hydrogen-bond donors (Lipinski definition) is 2. The average Bonchev–Trinajstić information content (AvgIpc) is 3.12. The zero-order valence-electron chi connectivity index (χ0n) is 13.2. The zero-order chi connectivity index (χ0) is 15.7. The number of aromatic nitrogens is 2. The first-order valence-corrected chi connectivity index (χ1v) is 8.49. The lowest BCUT2D eigenvalue weighted by Crippen LogP contribution is -2.34. The van der Waals surface area contributed by atoms with E-state index in [1.165, 1.54) is 0 Å². The van der Waals surface area contributed by atoms with Crippen LogP contribution in [0, 0.1) is 6.92 Å². The fourth-order valence-corrected chi connectivity index (χ4v) is 3.88. The second-order valence-corrected chi connectivity index (χ2v) is 6.43. The zero-order valence-corrected chi connectivity index (χ0v) is 14.0. The number of H-pyrrole nitrogens is 1. The lowest BCUT2D eigenvalue weighted by molar-refractivity contribution is 0.0768. The number of ether oxygens (including phenoxy) is 1. The average molecular weight is 319 g/mol. The molecule has 0 spiro atoms. The number of nitrogens with one attached hydrogen (secondary N) is 2. The number of thiazole rings is 1. The number of hydrogen-bond acceptors (Lipinski definition) is 5. The van der Waals surface area contributed by atoms with Crippen LogP contribution >= 0.6 is 11.3 Å². The van der Waals surface area contributed by atoms with Crippen molar-refractivity contribution < 1.29 is 9.53 Å². The Morgan fingerprint density at radius 3 is 3.00 bits per heavy atom. The summed E-state index contributed by atoms with van der Waals surface area (Å²) in [7, 11) is 0. The third kappa shape index (κ3) is 2.74. The molecule has 3 heterocycles. The first kappa shape index (κ1) is 15.4. The summed E-state index contributed by atoms with van der Waals surface area (Å²) < 4.78 is 5.50. The fraction of sp³-hybridized carbons (Fsp3) is 0.500. The molecule has 5 nitrogen and oxygen atoms in total. The Morgan fingerprint density at radius 2 is 2.36 bits per heavy atom. The van der Waals surface area contributed by atoms with Gasteiger partial charge in [0.1, 0.15) is 5.01 Å². The summed E-state index contributed by atoms with van der Waals surface area (Å²) >= 11 is 1.64. The van der Waals surface area contributed by atoms with Crippen LogP contribution in [0.4, 0.5) is 0 Å². The minimum absolute atomic E-state index is 0.106. The largest absolute Gasteiger partial charge is 0.378 e. The Kier molecular flexibility index (Phi) is 4.42. The van der Waals surface area contributed by atoms with Crippen molar-refractivity contribution in [2.24, 2.45) is 0 Å². The maximum Gasteiger partial charge on any atom is 0.161 e. The molecule has 2 aromatic heterocycles. The Bertz CT molecular complexity index is 684. The van der Waals surface area contributed by atoms with Crippen LogP contribution in [0.2, 0.25) is 0 Å². The Labute approximate surface area is 134 Å². The summed E-state index contributed by atoms with van der Waals surface area (Å²) in [6, 6.07) is 0.168. The maximum atomic E-state index is 11.9. The number of carbonyl (C=O) groups is 1. The molecule has 0 radical (unpaired) electrons. The van der Waals surface area contributed by atoms with Gasteiger partial charge in [-0.3, -0.25) is 4.79 Å². The molecule has 0 aromatic carbocycles. The molecular formula is C16H21N3O2S. The smallest absolute Gasteiger partial charge is 0.161 e. The molecule has 0 bridgehead atoms. The summed E-state index contributed by atoms with van der Waals surface area (Å²) in [5.41, 5.74) is 4.69. The number of nitrogens with zero attached hydrogens (tertiary/aromatic N) is 1. The van der Waals surface area contributed by atoms with Crippen LogP contribution in [-0.2, 0) is 11.2 Å². The van der Waals surface area contributed by atoms with Gasteiger partial charge in [0.2, 0.25) is 0 Å². The second-order valence-electron chi connectivity index (χ2n) is 5.54. The molecule has 22 heavy (non-hydrogen) atoms. The van der Waals surface area contributed by atoms with E-state index in [2.05, 4.69) is 22.6 Å². The van der Waals surface area contributed by atoms with Crippen molar-refractivity contribution in [3.8, 4) is 11.4 Å². The van der Waals surface area contributed by atoms with Crippen LogP contribution in [0.5, 0.6) is 0 Å². The number of carbonyl (C=O) groups excluding carboxylic acids is 1. The molecule has 0 saturated carbocycles. The molecule has 1 fully saturated rings. The van der Waals surface area contributed by atoms with E-state index in [-0.39, 0.29) is 11.8 Å². The van der Waals surface area contributed by atoms with Crippen molar-refractivity contribution >= 4 is 17.1 Å². The lowest BCUT2D eigenvalue weighted by Gasteiger charge is -2.21. The van der Waals surface area contributed by atoms with Gasteiger partial charge in [-0.25, -0.2) is 4.98 Å². The molecule has 0 aliphatic carbocycles. The molecule has 1 unspecified atom stereocenters. The molecule has 6 heteroatoms. The van der Waals surface area contributed by atoms with Crippen LogP contribution in [0.1, 0.15) is 46.5 Å². The SMILES string of the molecule is CCc1c(-c2csc(C3COCCN3)n2)[nH]c(C)c1C(C)=O. The summed E-state index contributed by atoms with van der Waals surface area (Å²) in [6.45, 7) is 7.92. The predicted octanol–water partition coefficient (Wildman–Crippen LogP) is 2.87. The maximum absolute atomic E-state index is 11.9. The van der Waals surface area contributed by atoms with Crippen LogP contribution in [-0.4, -0.2) is 35.5 Å². The van der Waals surface area contributed by atoms with Gasteiger partial charge in [0.05, 0.1) is 30.6 Å².